The highest BCUT2D eigenvalue weighted by atomic mass is 32.2. The predicted molar refractivity (Wildman–Crippen MR) is 56.7 cm³/mol. The highest BCUT2D eigenvalue weighted by Gasteiger charge is 2.34. The second-order valence-electron chi connectivity index (χ2n) is 4.68. The van der Waals surface area contributed by atoms with Gasteiger partial charge in [0.25, 0.3) is 0 Å². The van der Waals surface area contributed by atoms with E-state index in [1.54, 1.807) is 0 Å². The lowest BCUT2D eigenvalue weighted by Crippen LogP contribution is -2.32. The van der Waals surface area contributed by atoms with Crippen LogP contribution in [0.15, 0.2) is 0 Å². The molecule has 1 heteroatoms. The van der Waals surface area contributed by atoms with Gasteiger partial charge in [-0.05, 0) is 25.7 Å². The molecule has 12 heavy (non-hydrogen) atoms. The maximum Gasteiger partial charge on any atom is 0.0134 e. The molecule has 0 aliphatic heterocycles. The van der Waals surface area contributed by atoms with Crippen molar-refractivity contribution in [3.8, 4) is 0 Å². The highest BCUT2D eigenvalue weighted by molar-refractivity contribution is 8.01. The van der Waals surface area contributed by atoms with Gasteiger partial charge >= 0.3 is 0 Å². The van der Waals surface area contributed by atoms with Crippen LogP contribution in [0, 0.1) is 0 Å². The van der Waals surface area contributed by atoms with Crippen molar-refractivity contribution in [3.05, 3.63) is 0 Å². The number of rotatable bonds is 2. The fourth-order valence-electron chi connectivity index (χ4n) is 2.38. The number of hydrogen-bond donors (Lipinski definition) is 0. The van der Waals surface area contributed by atoms with Gasteiger partial charge in [0, 0.05) is 10.00 Å². The minimum Gasteiger partial charge on any atom is -0.152 e. The summed E-state index contributed by atoms with van der Waals surface area (Å²) in [5, 5.41) is 1.02. The Balaban J connectivity index is 1.77. The van der Waals surface area contributed by atoms with E-state index in [1.165, 1.54) is 51.4 Å². The third-order valence-corrected chi connectivity index (χ3v) is 5.20. The molecule has 0 bridgehead atoms. The SMILES string of the molecule is CC1(SC2CCCCC2)CCC1. The first-order chi connectivity index (χ1) is 5.79. The van der Waals surface area contributed by atoms with Crippen LogP contribution in [0.3, 0.4) is 0 Å². The molecule has 0 spiro atoms. The summed E-state index contributed by atoms with van der Waals surface area (Å²) in [5.74, 6) is 0. The fourth-order valence-corrected chi connectivity index (χ4v) is 4.28. The van der Waals surface area contributed by atoms with Gasteiger partial charge in [0.05, 0.1) is 0 Å². The monoisotopic (exact) mass is 184 g/mol. The van der Waals surface area contributed by atoms with E-state index in [4.69, 9.17) is 0 Å². The zero-order valence-corrected chi connectivity index (χ0v) is 8.96. The molecule has 0 radical (unpaired) electrons. The lowest BCUT2D eigenvalue weighted by Gasteiger charge is -2.41. The second-order valence-corrected chi connectivity index (χ2v) is 6.57. The van der Waals surface area contributed by atoms with Gasteiger partial charge in [-0.1, -0.05) is 32.6 Å². The minimum atomic E-state index is 0.696. The summed E-state index contributed by atoms with van der Waals surface area (Å²) in [6.07, 6.45) is 11.9. The van der Waals surface area contributed by atoms with Crippen LogP contribution in [0.2, 0.25) is 0 Å². The Bertz CT molecular complexity index is 143. The molecular weight excluding hydrogens is 164 g/mol. The van der Waals surface area contributed by atoms with Crippen LogP contribution in [-0.4, -0.2) is 10.00 Å². The molecule has 2 saturated carbocycles. The van der Waals surface area contributed by atoms with E-state index in [0.717, 1.165) is 5.25 Å². The lowest BCUT2D eigenvalue weighted by atomic mass is 9.86. The van der Waals surface area contributed by atoms with Crippen molar-refractivity contribution >= 4 is 11.8 Å². The highest BCUT2D eigenvalue weighted by Crippen LogP contribution is 2.48. The molecule has 0 heterocycles. The topological polar surface area (TPSA) is 0 Å². The van der Waals surface area contributed by atoms with Crippen molar-refractivity contribution in [2.45, 2.75) is 68.3 Å². The second kappa shape index (κ2) is 3.61. The Labute approximate surface area is 80.5 Å². The van der Waals surface area contributed by atoms with Crippen LogP contribution < -0.4 is 0 Å². The molecule has 0 unspecified atom stereocenters. The van der Waals surface area contributed by atoms with Gasteiger partial charge in [0.2, 0.25) is 0 Å². The van der Waals surface area contributed by atoms with Crippen LogP contribution in [0.5, 0.6) is 0 Å². The Kier molecular flexibility index (Phi) is 2.69. The average molecular weight is 184 g/mol. The largest absolute Gasteiger partial charge is 0.152 e. The van der Waals surface area contributed by atoms with Crippen LogP contribution in [-0.2, 0) is 0 Å². The van der Waals surface area contributed by atoms with E-state index in [0.29, 0.717) is 4.75 Å². The number of hydrogen-bond acceptors (Lipinski definition) is 1. The molecule has 0 aromatic carbocycles. The maximum absolute atomic E-state index is 2.47. The van der Waals surface area contributed by atoms with Gasteiger partial charge in [-0.3, -0.25) is 0 Å². The molecule has 2 fully saturated rings. The van der Waals surface area contributed by atoms with Crippen molar-refractivity contribution in [2.24, 2.45) is 0 Å². The van der Waals surface area contributed by atoms with Crippen LogP contribution in [0.25, 0.3) is 0 Å². The third-order valence-electron chi connectivity index (χ3n) is 3.41. The smallest absolute Gasteiger partial charge is 0.0134 e. The van der Waals surface area contributed by atoms with Crippen LogP contribution in [0.1, 0.15) is 58.3 Å². The van der Waals surface area contributed by atoms with Gasteiger partial charge in [0.1, 0.15) is 0 Å². The van der Waals surface area contributed by atoms with E-state index in [2.05, 4.69) is 18.7 Å². The van der Waals surface area contributed by atoms with Crippen molar-refractivity contribution in [2.75, 3.05) is 0 Å². The van der Waals surface area contributed by atoms with Gasteiger partial charge < -0.3 is 0 Å². The maximum atomic E-state index is 2.47. The summed E-state index contributed by atoms with van der Waals surface area (Å²) < 4.78 is 0.696. The zero-order chi connectivity index (χ0) is 8.44. The number of thioether (sulfide) groups is 1. The van der Waals surface area contributed by atoms with E-state index >= 15 is 0 Å². The first kappa shape index (κ1) is 8.93. The Morgan fingerprint density at radius 3 is 2.17 bits per heavy atom. The summed E-state index contributed by atoms with van der Waals surface area (Å²) in [7, 11) is 0. The molecule has 70 valence electrons. The standard InChI is InChI=1S/C11H20S/c1-11(8-5-9-11)12-10-6-3-2-4-7-10/h10H,2-9H2,1H3. The Hall–Kier alpha value is 0.350. The minimum absolute atomic E-state index is 0.696. The molecule has 0 nitrogen and oxygen atoms in total. The first-order valence-corrected chi connectivity index (χ1v) is 6.34. The summed E-state index contributed by atoms with van der Waals surface area (Å²) in [6, 6.07) is 0. The summed E-state index contributed by atoms with van der Waals surface area (Å²) in [5.41, 5.74) is 0. The molecule has 2 aliphatic rings. The van der Waals surface area contributed by atoms with Crippen molar-refractivity contribution in [3.63, 3.8) is 0 Å². The first-order valence-electron chi connectivity index (χ1n) is 5.46. The van der Waals surface area contributed by atoms with Crippen molar-refractivity contribution < 1.29 is 0 Å². The summed E-state index contributed by atoms with van der Waals surface area (Å²) >= 11 is 2.31. The van der Waals surface area contributed by atoms with Crippen molar-refractivity contribution in [1.29, 1.82) is 0 Å². The predicted octanol–water partition coefficient (Wildman–Crippen LogP) is 3.99. The molecule has 0 N–H and O–H groups in total. The van der Waals surface area contributed by atoms with Crippen LogP contribution in [0.4, 0.5) is 0 Å². The molecule has 2 aliphatic carbocycles. The molecular formula is C11H20S. The zero-order valence-electron chi connectivity index (χ0n) is 8.14. The molecule has 0 saturated heterocycles. The molecule has 0 amide bonds. The van der Waals surface area contributed by atoms with E-state index < -0.39 is 0 Å². The third kappa shape index (κ3) is 1.99. The summed E-state index contributed by atoms with van der Waals surface area (Å²) in [6.45, 7) is 2.47. The van der Waals surface area contributed by atoms with E-state index in [-0.39, 0.29) is 0 Å². The van der Waals surface area contributed by atoms with Gasteiger partial charge in [-0.25, -0.2) is 0 Å². The van der Waals surface area contributed by atoms with Gasteiger partial charge in [-0.2, -0.15) is 11.8 Å². The molecule has 2 rings (SSSR count). The van der Waals surface area contributed by atoms with Gasteiger partial charge in [0.15, 0.2) is 0 Å². The average Bonchev–Trinajstić information content (AvgIpc) is 2.04. The molecule has 0 atom stereocenters. The Morgan fingerprint density at radius 1 is 1.00 bits per heavy atom. The normalized spacial score (nSPS) is 29.8. The molecule has 0 aromatic heterocycles. The lowest BCUT2D eigenvalue weighted by molar-refractivity contribution is 0.386. The van der Waals surface area contributed by atoms with Gasteiger partial charge in [-0.15, -0.1) is 0 Å². The molecule has 0 aromatic rings. The van der Waals surface area contributed by atoms with E-state index in [1.807, 2.05) is 0 Å². The summed E-state index contributed by atoms with van der Waals surface area (Å²) in [4.78, 5) is 0. The Morgan fingerprint density at radius 2 is 1.67 bits per heavy atom. The van der Waals surface area contributed by atoms with Crippen molar-refractivity contribution in [1.82, 2.24) is 0 Å². The van der Waals surface area contributed by atoms with E-state index in [9.17, 15) is 0 Å². The fraction of sp³-hybridized carbons (Fsp3) is 1.00. The van der Waals surface area contributed by atoms with Crippen LogP contribution >= 0.6 is 11.8 Å². The quantitative estimate of drug-likeness (QED) is 0.625.